The summed E-state index contributed by atoms with van der Waals surface area (Å²) in [7, 11) is 1.67. The predicted molar refractivity (Wildman–Crippen MR) is 117 cm³/mol. The maximum atomic E-state index is 14.2. The van der Waals surface area contributed by atoms with Crippen molar-refractivity contribution < 1.29 is 13.2 Å². The first kappa shape index (κ1) is 22.0. The minimum atomic E-state index is -2.71. The van der Waals surface area contributed by atoms with E-state index in [0.29, 0.717) is 27.7 Å². The highest BCUT2D eigenvalue weighted by atomic mass is 19.3. The molecular weight excluding hydrogens is 431 g/mol. The molecule has 7 nitrogen and oxygen atoms in total. The lowest BCUT2D eigenvalue weighted by molar-refractivity contribution is 0.158. The monoisotopic (exact) mass is 449 g/mol. The molecule has 0 radical (unpaired) electrons. The van der Waals surface area contributed by atoms with Gasteiger partial charge in [-0.2, -0.15) is 5.26 Å². The van der Waals surface area contributed by atoms with Crippen molar-refractivity contribution in [3.05, 3.63) is 48.0 Å². The van der Waals surface area contributed by atoms with Gasteiger partial charge in [0.15, 0.2) is 0 Å². The van der Waals surface area contributed by atoms with E-state index in [1.807, 2.05) is 0 Å². The van der Waals surface area contributed by atoms with E-state index in [1.165, 1.54) is 40.0 Å². The molecule has 4 rings (SSSR count). The van der Waals surface area contributed by atoms with Gasteiger partial charge < -0.3 is 4.90 Å². The average molecular weight is 449 g/mol. The number of nitrogens with zero attached hydrogens (tertiary/aromatic N) is 7. The normalized spacial score (nSPS) is 11.5. The van der Waals surface area contributed by atoms with E-state index in [9.17, 15) is 13.2 Å². The van der Waals surface area contributed by atoms with Gasteiger partial charge in [0.2, 0.25) is 5.65 Å². The highest BCUT2D eigenvalue weighted by molar-refractivity contribution is 6.08. The number of hydrogen-bond acceptors (Lipinski definition) is 6. The molecule has 0 amide bonds. The number of hydrogen-bond donors (Lipinski definition) is 0. The van der Waals surface area contributed by atoms with Crippen LogP contribution in [0.4, 0.5) is 24.7 Å². The Bertz CT molecular complexity index is 1460. The van der Waals surface area contributed by atoms with Crippen molar-refractivity contribution in [1.29, 1.82) is 5.26 Å². The summed E-state index contributed by atoms with van der Waals surface area (Å²) in [5.41, 5.74) is 0.547. The van der Waals surface area contributed by atoms with Crippen molar-refractivity contribution >= 4 is 33.4 Å². The lowest BCUT2D eigenvalue weighted by atomic mass is 9.97. The van der Waals surface area contributed by atoms with Gasteiger partial charge in [0.05, 0.1) is 12.6 Å². The van der Waals surface area contributed by atoms with Crippen molar-refractivity contribution in [1.82, 2.24) is 25.0 Å². The maximum Gasteiger partial charge on any atom is 0.256 e. The van der Waals surface area contributed by atoms with Crippen LogP contribution >= 0.6 is 0 Å². The van der Waals surface area contributed by atoms with Crippen LogP contribution in [0.15, 0.2) is 36.5 Å². The van der Waals surface area contributed by atoms with Crippen molar-refractivity contribution in [2.24, 2.45) is 12.5 Å². The van der Waals surface area contributed by atoms with Crippen LogP contribution in [-0.2, 0) is 7.05 Å². The number of anilines is 2. The largest absolute Gasteiger partial charge is 0.320 e. The topological polar surface area (TPSA) is 83.5 Å². The van der Waals surface area contributed by atoms with Gasteiger partial charge >= 0.3 is 0 Å². The fraction of sp³-hybridized carbons (Fsp3) is 0.261. The number of aromatic nitrogens is 5. The van der Waals surface area contributed by atoms with Crippen molar-refractivity contribution in [3.8, 4) is 17.9 Å². The van der Waals surface area contributed by atoms with Gasteiger partial charge in [-0.3, -0.25) is 0 Å². The smallest absolute Gasteiger partial charge is 0.256 e. The molecule has 0 aliphatic rings. The average Bonchev–Trinajstić information content (AvgIpc) is 3.16. The Kier molecular flexibility index (Phi) is 5.60. The van der Waals surface area contributed by atoms with Gasteiger partial charge in [-0.05, 0) is 50.1 Å². The third-order valence-electron chi connectivity index (χ3n) is 4.91. The number of rotatable bonds is 4. The number of aryl methyl sites for hydroxylation is 1. The summed E-state index contributed by atoms with van der Waals surface area (Å²) >= 11 is 0. The molecule has 0 unspecified atom stereocenters. The molecule has 166 valence electrons. The second-order valence-corrected chi connectivity index (χ2v) is 7.90. The molecule has 0 aliphatic carbocycles. The molecule has 0 saturated heterocycles. The Morgan fingerprint density at radius 3 is 2.70 bits per heavy atom. The summed E-state index contributed by atoms with van der Waals surface area (Å²) in [5, 5.41) is 18.1. The fourth-order valence-electron chi connectivity index (χ4n) is 3.35. The van der Waals surface area contributed by atoms with E-state index < -0.39 is 24.2 Å². The van der Waals surface area contributed by atoms with E-state index in [4.69, 9.17) is 5.26 Å². The van der Waals surface area contributed by atoms with Crippen LogP contribution in [0.3, 0.4) is 0 Å². The molecule has 0 N–H and O–H groups in total. The zero-order valence-corrected chi connectivity index (χ0v) is 18.0. The van der Waals surface area contributed by atoms with Crippen molar-refractivity contribution in [2.45, 2.75) is 20.3 Å². The first-order valence-corrected chi connectivity index (χ1v) is 9.93. The first-order valence-electron chi connectivity index (χ1n) is 9.93. The summed E-state index contributed by atoms with van der Waals surface area (Å²) in [4.78, 5) is 9.89. The highest BCUT2D eigenvalue weighted by Crippen LogP contribution is 2.35. The summed E-state index contributed by atoms with van der Waals surface area (Å²) < 4.78 is 43.0. The van der Waals surface area contributed by atoms with Crippen molar-refractivity contribution in [3.63, 3.8) is 0 Å². The van der Waals surface area contributed by atoms with E-state index in [-0.39, 0.29) is 11.5 Å². The van der Waals surface area contributed by atoms with Crippen LogP contribution in [0.5, 0.6) is 0 Å². The number of pyridine rings is 2. The molecule has 0 spiro atoms. The molecule has 0 saturated carbocycles. The molecule has 0 bridgehead atoms. The fourth-order valence-corrected chi connectivity index (χ4v) is 3.35. The van der Waals surface area contributed by atoms with Crippen LogP contribution in [0.25, 0.3) is 21.9 Å². The van der Waals surface area contributed by atoms with Gasteiger partial charge in [0.25, 0.3) is 6.43 Å². The van der Waals surface area contributed by atoms with E-state index in [2.05, 4.69) is 38.2 Å². The van der Waals surface area contributed by atoms with Crippen LogP contribution < -0.4 is 4.90 Å². The molecule has 0 atom stereocenters. The lowest BCUT2D eigenvalue weighted by Gasteiger charge is -2.25. The highest BCUT2D eigenvalue weighted by Gasteiger charge is 2.23. The molecular formula is C23H18F3N7. The summed E-state index contributed by atoms with van der Waals surface area (Å²) in [6.45, 7) is 2.62. The molecule has 10 heteroatoms. The molecule has 3 heterocycles. The summed E-state index contributed by atoms with van der Waals surface area (Å²) in [5.74, 6) is 5.20. The third kappa shape index (κ3) is 4.41. The van der Waals surface area contributed by atoms with Crippen LogP contribution in [0.1, 0.15) is 19.5 Å². The van der Waals surface area contributed by atoms with E-state index in [1.54, 1.807) is 27.0 Å². The second-order valence-electron chi connectivity index (χ2n) is 7.90. The standard InChI is InChI=1S/C23H18F3N7/c1-23(2,13-27)8-6-15-11-16(7-9-28-15)33(12-19(25)26)22-18-10-14(24)4-5-17(18)20-21(29-22)30-31-32(20)3/h4-5,7,9-11,19H,12H2,1-3H3. The molecule has 0 aliphatic heterocycles. The van der Waals surface area contributed by atoms with Gasteiger partial charge in [-0.1, -0.05) is 11.1 Å². The molecule has 3 aromatic heterocycles. The van der Waals surface area contributed by atoms with Crippen LogP contribution in [-0.4, -0.2) is 37.9 Å². The Balaban J connectivity index is 1.93. The van der Waals surface area contributed by atoms with Crippen LogP contribution in [0.2, 0.25) is 0 Å². The predicted octanol–water partition coefficient (Wildman–Crippen LogP) is 4.36. The van der Waals surface area contributed by atoms with Gasteiger partial charge in [0, 0.05) is 29.7 Å². The van der Waals surface area contributed by atoms with Gasteiger partial charge in [0.1, 0.15) is 28.3 Å². The minimum Gasteiger partial charge on any atom is -0.320 e. The SMILES string of the molecule is Cn1nnc2nc(N(CC(F)F)c3ccnc(C#CC(C)(C)C#N)c3)c3cc(F)ccc3c21. The Morgan fingerprint density at radius 1 is 1.18 bits per heavy atom. The molecule has 0 fully saturated rings. The van der Waals surface area contributed by atoms with Gasteiger partial charge in [-0.15, -0.1) is 5.10 Å². The third-order valence-corrected chi connectivity index (χ3v) is 4.91. The Hall–Kier alpha value is -4.18. The van der Waals surface area contributed by atoms with Gasteiger partial charge in [-0.25, -0.2) is 27.8 Å². The number of nitriles is 1. The summed E-state index contributed by atoms with van der Waals surface area (Å²) in [6, 6.07) is 9.22. The maximum absolute atomic E-state index is 14.2. The zero-order valence-electron chi connectivity index (χ0n) is 18.0. The minimum absolute atomic E-state index is 0.111. The lowest BCUT2D eigenvalue weighted by Crippen LogP contribution is -2.25. The van der Waals surface area contributed by atoms with E-state index in [0.717, 1.165) is 0 Å². The molecule has 1 aromatic carbocycles. The Morgan fingerprint density at radius 2 is 1.97 bits per heavy atom. The number of halogens is 3. The number of alkyl halides is 2. The van der Waals surface area contributed by atoms with E-state index >= 15 is 0 Å². The molecule has 33 heavy (non-hydrogen) atoms. The Labute approximate surface area is 187 Å². The number of fused-ring (bicyclic) bond motifs is 3. The summed E-state index contributed by atoms with van der Waals surface area (Å²) in [6.07, 6.45) is -1.28. The van der Waals surface area contributed by atoms with Crippen LogP contribution in [0, 0.1) is 34.4 Å². The first-order chi connectivity index (χ1) is 15.7. The van der Waals surface area contributed by atoms with Crippen molar-refractivity contribution in [2.75, 3.05) is 11.4 Å². The zero-order chi connectivity index (χ0) is 23.8. The number of benzene rings is 1. The molecule has 4 aromatic rings. The quantitative estimate of drug-likeness (QED) is 0.431. The second kappa shape index (κ2) is 8.40.